The number of aromatic hydroxyl groups is 1. The van der Waals surface area contributed by atoms with Gasteiger partial charge >= 0.3 is 0 Å². The molecular weight excluding hydrogens is 232 g/mol. The predicted octanol–water partition coefficient (Wildman–Crippen LogP) is 4.75. The zero-order chi connectivity index (χ0) is 13.8. The van der Waals surface area contributed by atoms with Crippen molar-refractivity contribution in [2.75, 3.05) is 0 Å². The van der Waals surface area contributed by atoms with E-state index in [-0.39, 0.29) is 0 Å². The van der Waals surface area contributed by atoms with E-state index < -0.39 is 0 Å². The molecule has 0 atom stereocenters. The number of phenols is 1. The Bertz CT molecular complexity index is 570. The van der Waals surface area contributed by atoms with Gasteiger partial charge in [0.25, 0.3) is 0 Å². The lowest BCUT2D eigenvalue weighted by atomic mass is 9.92. The predicted molar refractivity (Wildman–Crippen MR) is 81.7 cm³/mol. The molecule has 0 saturated heterocycles. The van der Waals surface area contributed by atoms with Crippen LogP contribution in [0.3, 0.4) is 0 Å². The second-order valence-corrected chi connectivity index (χ2v) is 4.86. The van der Waals surface area contributed by atoms with Crippen LogP contribution in [0.15, 0.2) is 36.4 Å². The first-order chi connectivity index (χ1) is 9.21. The van der Waals surface area contributed by atoms with Crippen molar-refractivity contribution in [3.05, 3.63) is 53.1 Å². The van der Waals surface area contributed by atoms with Gasteiger partial charge in [-0.2, -0.15) is 0 Å². The number of rotatable bonds is 4. The van der Waals surface area contributed by atoms with E-state index in [9.17, 15) is 5.11 Å². The fourth-order valence-electron chi connectivity index (χ4n) is 2.64. The Hall–Kier alpha value is -1.76. The smallest absolute Gasteiger partial charge is 0.123 e. The number of benzene rings is 2. The van der Waals surface area contributed by atoms with E-state index in [1.165, 1.54) is 16.7 Å². The zero-order valence-corrected chi connectivity index (χ0v) is 12.0. The third-order valence-corrected chi connectivity index (χ3v) is 3.77. The van der Waals surface area contributed by atoms with Crippen LogP contribution in [0.5, 0.6) is 5.75 Å². The van der Waals surface area contributed by atoms with Crippen LogP contribution in [0.2, 0.25) is 0 Å². The summed E-state index contributed by atoms with van der Waals surface area (Å²) in [5.41, 5.74) is 5.98. The molecule has 0 amide bonds. The first-order valence-corrected chi connectivity index (χ1v) is 7.14. The van der Waals surface area contributed by atoms with Crippen molar-refractivity contribution < 1.29 is 5.11 Å². The van der Waals surface area contributed by atoms with Crippen LogP contribution < -0.4 is 0 Å². The second kappa shape index (κ2) is 5.92. The van der Waals surface area contributed by atoms with E-state index >= 15 is 0 Å². The molecule has 0 spiro atoms. The summed E-state index contributed by atoms with van der Waals surface area (Å²) in [7, 11) is 0. The Morgan fingerprint density at radius 2 is 1.32 bits per heavy atom. The highest BCUT2D eigenvalue weighted by molar-refractivity contribution is 5.74. The Balaban J connectivity index is 2.62. The molecule has 0 aliphatic carbocycles. The fourth-order valence-corrected chi connectivity index (χ4v) is 2.64. The highest BCUT2D eigenvalue weighted by atomic mass is 16.3. The molecule has 1 nitrogen and oxygen atoms in total. The summed E-state index contributed by atoms with van der Waals surface area (Å²) in [5, 5.41) is 10.3. The Morgan fingerprint density at radius 3 is 1.95 bits per heavy atom. The molecular formula is C18H22O. The van der Waals surface area contributed by atoms with Gasteiger partial charge in [-0.3, -0.25) is 0 Å². The van der Waals surface area contributed by atoms with E-state index in [1.807, 2.05) is 12.1 Å². The van der Waals surface area contributed by atoms with Crippen molar-refractivity contribution in [2.45, 2.75) is 40.0 Å². The van der Waals surface area contributed by atoms with Gasteiger partial charge < -0.3 is 5.11 Å². The van der Waals surface area contributed by atoms with Crippen LogP contribution >= 0.6 is 0 Å². The summed E-state index contributed by atoms with van der Waals surface area (Å²) < 4.78 is 0. The Morgan fingerprint density at radius 1 is 0.737 bits per heavy atom. The van der Waals surface area contributed by atoms with Crippen molar-refractivity contribution in [1.82, 2.24) is 0 Å². The molecule has 0 radical (unpaired) electrons. The van der Waals surface area contributed by atoms with E-state index in [4.69, 9.17) is 0 Å². The number of hydrogen-bond donors (Lipinski definition) is 1. The number of phenolic OH excluding ortho intramolecular Hbond substituents is 1. The van der Waals surface area contributed by atoms with Crippen molar-refractivity contribution >= 4 is 0 Å². The molecule has 1 heteroatoms. The topological polar surface area (TPSA) is 20.2 Å². The van der Waals surface area contributed by atoms with E-state index in [1.54, 1.807) is 0 Å². The average molecular weight is 254 g/mol. The molecule has 0 unspecified atom stereocenters. The van der Waals surface area contributed by atoms with Crippen molar-refractivity contribution in [3.8, 4) is 16.9 Å². The molecule has 0 aliphatic heterocycles. The molecule has 2 rings (SSSR count). The summed E-state index contributed by atoms with van der Waals surface area (Å²) in [6.45, 7) is 6.45. The van der Waals surface area contributed by atoms with Gasteiger partial charge in [-0.05, 0) is 53.6 Å². The van der Waals surface area contributed by atoms with Crippen LogP contribution in [0, 0.1) is 0 Å². The number of hydrogen-bond acceptors (Lipinski definition) is 1. The van der Waals surface area contributed by atoms with Gasteiger partial charge in [0.05, 0.1) is 0 Å². The maximum Gasteiger partial charge on any atom is 0.123 e. The minimum absolute atomic E-state index is 0.398. The van der Waals surface area contributed by atoms with Crippen LogP contribution in [-0.2, 0) is 19.3 Å². The SMILES string of the molecule is CCc1cc(O)c(-c2ccccc2CC)cc1CC. The second-order valence-electron chi connectivity index (χ2n) is 4.86. The first kappa shape index (κ1) is 13.7. The summed E-state index contributed by atoms with van der Waals surface area (Å²) >= 11 is 0. The quantitative estimate of drug-likeness (QED) is 0.835. The third-order valence-electron chi connectivity index (χ3n) is 3.77. The summed E-state index contributed by atoms with van der Waals surface area (Å²) in [6, 6.07) is 12.4. The van der Waals surface area contributed by atoms with Crippen LogP contribution in [0.1, 0.15) is 37.5 Å². The van der Waals surface area contributed by atoms with Crippen molar-refractivity contribution in [2.24, 2.45) is 0 Å². The number of aryl methyl sites for hydroxylation is 3. The van der Waals surface area contributed by atoms with E-state index in [0.29, 0.717) is 5.75 Å². The van der Waals surface area contributed by atoms with Gasteiger partial charge in [-0.25, -0.2) is 0 Å². The summed E-state index contributed by atoms with van der Waals surface area (Å²) in [4.78, 5) is 0. The molecule has 0 bridgehead atoms. The molecule has 2 aromatic rings. The third kappa shape index (κ3) is 2.65. The minimum atomic E-state index is 0.398. The van der Waals surface area contributed by atoms with Crippen molar-refractivity contribution in [3.63, 3.8) is 0 Å². The lowest BCUT2D eigenvalue weighted by Crippen LogP contribution is -1.94. The molecule has 0 fully saturated rings. The monoisotopic (exact) mass is 254 g/mol. The Labute approximate surface area is 115 Å². The van der Waals surface area contributed by atoms with Gasteiger partial charge in [0.2, 0.25) is 0 Å². The van der Waals surface area contributed by atoms with Crippen LogP contribution in [-0.4, -0.2) is 5.11 Å². The van der Waals surface area contributed by atoms with Gasteiger partial charge in [-0.1, -0.05) is 45.0 Å². The molecule has 2 aromatic carbocycles. The largest absolute Gasteiger partial charge is 0.507 e. The fraction of sp³-hybridized carbons (Fsp3) is 0.333. The van der Waals surface area contributed by atoms with Crippen LogP contribution in [0.25, 0.3) is 11.1 Å². The van der Waals surface area contributed by atoms with E-state index in [0.717, 1.165) is 30.4 Å². The van der Waals surface area contributed by atoms with Gasteiger partial charge in [-0.15, -0.1) is 0 Å². The highest BCUT2D eigenvalue weighted by Crippen LogP contribution is 2.34. The minimum Gasteiger partial charge on any atom is -0.507 e. The van der Waals surface area contributed by atoms with Crippen molar-refractivity contribution in [1.29, 1.82) is 0 Å². The van der Waals surface area contributed by atoms with Gasteiger partial charge in [0.15, 0.2) is 0 Å². The normalized spacial score (nSPS) is 10.7. The maximum atomic E-state index is 10.3. The lowest BCUT2D eigenvalue weighted by molar-refractivity contribution is 0.476. The molecule has 100 valence electrons. The molecule has 0 aromatic heterocycles. The zero-order valence-electron chi connectivity index (χ0n) is 12.0. The summed E-state index contributed by atoms with van der Waals surface area (Å²) in [5.74, 6) is 0.398. The van der Waals surface area contributed by atoms with Gasteiger partial charge in [0, 0.05) is 5.56 Å². The molecule has 1 N–H and O–H groups in total. The molecule has 19 heavy (non-hydrogen) atoms. The lowest BCUT2D eigenvalue weighted by Gasteiger charge is -2.14. The van der Waals surface area contributed by atoms with Gasteiger partial charge in [0.1, 0.15) is 5.75 Å². The molecule has 0 heterocycles. The maximum absolute atomic E-state index is 10.3. The standard InChI is InChI=1S/C18H22O/c1-4-13-9-7-8-10-16(13)17-11-14(5-2)15(6-3)12-18(17)19/h7-12,19H,4-6H2,1-3H3. The first-order valence-electron chi connectivity index (χ1n) is 7.14. The Kier molecular flexibility index (Phi) is 4.26. The highest BCUT2D eigenvalue weighted by Gasteiger charge is 2.11. The van der Waals surface area contributed by atoms with E-state index in [2.05, 4.69) is 45.0 Å². The molecule has 0 saturated carbocycles. The molecule has 0 aliphatic rings. The average Bonchev–Trinajstić information content (AvgIpc) is 2.46. The van der Waals surface area contributed by atoms with Crippen LogP contribution in [0.4, 0.5) is 0 Å². The summed E-state index contributed by atoms with van der Waals surface area (Å²) in [6.07, 6.45) is 2.95.